The number of benzene rings is 2. The second kappa shape index (κ2) is 5.52. The van der Waals surface area contributed by atoms with E-state index >= 15 is 0 Å². The van der Waals surface area contributed by atoms with Gasteiger partial charge in [0.2, 0.25) is 5.91 Å². The maximum Gasteiger partial charge on any atom is 0.249 e. The maximum absolute atomic E-state index is 12.8. The summed E-state index contributed by atoms with van der Waals surface area (Å²) in [7, 11) is 0. The van der Waals surface area contributed by atoms with E-state index in [1.807, 2.05) is 13.0 Å². The third-order valence-corrected chi connectivity index (χ3v) is 3.00. The van der Waals surface area contributed by atoms with Gasteiger partial charge < -0.3 is 11.1 Å². The van der Waals surface area contributed by atoms with Crippen LogP contribution in [0.3, 0.4) is 0 Å². The molecule has 4 heteroatoms. The van der Waals surface area contributed by atoms with Gasteiger partial charge in [0.25, 0.3) is 0 Å². The van der Waals surface area contributed by atoms with Crippen LogP contribution < -0.4 is 11.1 Å². The molecule has 0 saturated carbocycles. The van der Waals surface area contributed by atoms with Crippen molar-refractivity contribution in [1.82, 2.24) is 0 Å². The number of nitrogens with two attached hydrogens (primary N) is 1. The van der Waals surface area contributed by atoms with E-state index in [2.05, 4.69) is 5.32 Å². The summed E-state index contributed by atoms with van der Waals surface area (Å²) in [5.41, 5.74) is 8.43. The van der Waals surface area contributed by atoms with E-state index in [4.69, 9.17) is 5.73 Å². The Balaban J connectivity index is 2.13. The zero-order chi connectivity index (χ0) is 13.8. The second-order valence-electron chi connectivity index (χ2n) is 4.32. The first-order valence-corrected chi connectivity index (χ1v) is 5.95. The summed E-state index contributed by atoms with van der Waals surface area (Å²) in [6, 6.07) is 11.6. The van der Waals surface area contributed by atoms with Gasteiger partial charge in [-0.1, -0.05) is 18.2 Å². The number of primary amides is 1. The average molecular weight is 258 g/mol. The summed E-state index contributed by atoms with van der Waals surface area (Å²) in [6.07, 6.45) is 0. The number of rotatable bonds is 4. The fraction of sp³-hybridized carbons (Fsp3) is 0.133. The molecule has 0 aromatic heterocycles. The number of hydrogen-bond acceptors (Lipinski definition) is 2. The summed E-state index contributed by atoms with van der Waals surface area (Å²) >= 11 is 0. The molecule has 0 radical (unpaired) electrons. The smallest absolute Gasteiger partial charge is 0.249 e. The number of nitrogens with one attached hydrogen (secondary N) is 1. The van der Waals surface area contributed by atoms with Crippen molar-refractivity contribution in [3.8, 4) is 0 Å². The standard InChI is InChI=1S/C15H15FN2O/c1-10-13(15(17)19)3-2-4-14(10)18-9-11-5-7-12(16)8-6-11/h2-8,18H,9H2,1H3,(H2,17,19). The molecule has 3 nitrogen and oxygen atoms in total. The van der Waals surface area contributed by atoms with Gasteiger partial charge in [-0.05, 0) is 42.3 Å². The van der Waals surface area contributed by atoms with Crippen molar-refractivity contribution in [3.63, 3.8) is 0 Å². The molecule has 19 heavy (non-hydrogen) atoms. The van der Waals surface area contributed by atoms with Gasteiger partial charge in [0.1, 0.15) is 5.82 Å². The maximum atomic E-state index is 12.8. The van der Waals surface area contributed by atoms with Crippen LogP contribution in [0.25, 0.3) is 0 Å². The predicted molar refractivity (Wildman–Crippen MR) is 73.4 cm³/mol. The van der Waals surface area contributed by atoms with Crippen LogP contribution >= 0.6 is 0 Å². The van der Waals surface area contributed by atoms with Crippen LogP contribution in [0, 0.1) is 12.7 Å². The molecule has 0 unspecified atom stereocenters. The highest BCUT2D eigenvalue weighted by Crippen LogP contribution is 2.19. The zero-order valence-corrected chi connectivity index (χ0v) is 10.6. The first-order valence-electron chi connectivity index (χ1n) is 5.95. The van der Waals surface area contributed by atoms with Crippen LogP contribution in [0.2, 0.25) is 0 Å². The Morgan fingerprint density at radius 2 is 1.89 bits per heavy atom. The predicted octanol–water partition coefficient (Wildman–Crippen LogP) is 2.85. The largest absolute Gasteiger partial charge is 0.381 e. The van der Waals surface area contributed by atoms with Crippen LogP contribution in [0.5, 0.6) is 0 Å². The van der Waals surface area contributed by atoms with Crippen LogP contribution in [-0.4, -0.2) is 5.91 Å². The number of anilines is 1. The van der Waals surface area contributed by atoms with Crippen molar-refractivity contribution in [2.45, 2.75) is 13.5 Å². The Hall–Kier alpha value is -2.36. The third-order valence-electron chi connectivity index (χ3n) is 3.00. The molecule has 0 aliphatic carbocycles. The van der Waals surface area contributed by atoms with Crippen LogP contribution in [0.4, 0.5) is 10.1 Å². The molecule has 0 aliphatic rings. The first kappa shape index (κ1) is 13.1. The Bertz CT molecular complexity index is 594. The second-order valence-corrected chi connectivity index (χ2v) is 4.32. The lowest BCUT2D eigenvalue weighted by Crippen LogP contribution is -2.13. The van der Waals surface area contributed by atoms with Gasteiger partial charge in [0, 0.05) is 17.8 Å². The van der Waals surface area contributed by atoms with E-state index in [1.54, 1.807) is 24.3 Å². The minimum Gasteiger partial charge on any atom is -0.381 e. The van der Waals surface area contributed by atoms with Gasteiger partial charge in [0.15, 0.2) is 0 Å². The van der Waals surface area contributed by atoms with Gasteiger partial charge in [-0.3, -0.25) is 4.79 Å². The molecule has 0 saturated heterocycles. The van der Waals surface area contributed by atoms with E-state index < -0.39 is 5.91 Å². The molecule has 0 fully saturated rings. The Morgan fingerprint density at radius 1 is 1.21 bits per heavy atom. The van der Waals surface area contributed by atoms with Crippen molar-refractivity contribution < 1.29 is 9.18 Å². The van der Waals surface area contributed by atoms with E-state index in [1.165, 1.54) is 12.1 Å². The molecule has 0 aliphatic heterocycles. The Morgan fingerprint density at radius 3 is 2.53 bits per heavy atom. The summed E-state index contributed by atoms with van der Waals surface area (Å²) < 4.78 is 12.8. The number of amides is 1. The molecule has 2 rings (SSSR count). The average Bonchev–Trinajstić information content (AvgIpc) is 2.39. The SMILES string of the molecule is Cc1c(NCc2ccc(F)cc2)cccc1C(N)=O. The molecule has 0 atom stereocenters. The van der Waals surface area contributed by atoms with Crippen LogP contribution in [0.15, 0.2) is 42.5 Å². The van der Waals surface area contributed by atoms with Crippen molar-refractivity contribution in [1.29, 1.82) is 0 Å². The first-order chi connectivity index (χ1) is 9.08. The lowest BCUT2D eigenvalue weighted by Gasteiger charge is -2.11. The molecular formula is C15H15FN2O. The molecule has 98 valence electrons. The number of halogens is 1. The third kappa shape index (κ3) is 3.10. The molecular weight excluding hydrogens is 243 g/mol. The molecule has 2 aromatic rings. The summed E-state index contributed by atoms with van der Waals surface area (Å²) in [5.74, 6) is -0.696. The highest BCUT2D eigenvalue weighted by Gasteiger charge is 2.07. The normalized spacial score (nSPS) is 10.2. The van der Waals surface area contributed by atoms with Gasteiger partial charge >= 0.3 is 0 Å². The molecule has 0 spiro atoms. The molecule has 0 heterocycles. The van der Waals surface area contributed by atoms with Crippen molar-refractivity contribution in [2.75, 3.05) is 5.32 Å². The van der Waals surface area contributed by atoms with Crippen LogP contribution in [-0.2, 0) is 6.54 Å². The van der Waals surface area contributed by atoms with Gasteiger partial charge in [-0.25, -0.2) is 4.39 Å². The van der Waals surface area contributed by atoms with Gasteiger partial charge in [-0.2, -0.15) is 0 Å². The lowest BCUT2D eigenvalue weighted by atomic mass is 10.1. The molecule has 2 aromatic carbocycles. The highest BCUT2D eigenvalue weighted by molar-refractivity contribution is 5.95. The molecule has 3 N–H and O–H groups in total. The molecule has 0 bridgehead atoms. The fourth-order valence-electron chi connectivity index (χ4n) is 1.89. The highest BCUT2D eigenvalue weighted by atomic mass is 19.1. The summed E-state index contributed by atoms with van der Waals surface area (Å²) in [4.78, 5) is 11.2. The number of carbonyl (C=O) groups excluding carboxylic acids is 1. The fourth-order valence-corrected chi connectivity index (χ4v) is 1.89. The monoisotopic (exact) mass is 258 g/mol. The minimum atomic E-state index is -0.442. The van der Waals surface area contributed by atoms with Gasteiger partial charge in [0.05, 0.1) is 0 Å². The van der Waals surface area contributed by atoms with E-state index in [0.717, 1.165) is 16.8 Å². The number of carbonyl (C=O) groups is 1. The summed E-state index contributed by atoms with van der Waals surface area (Å²) in [6.45, 7) is 2.40. The zero-order valence-electron chi connectivity index (χ0n) is 10.6. The Kier molecular flexibility index (Phi) is 3.80. The summed E-state index contributed by atoms with van der Waals surface area (Å²) in [5, 5.41) is 3.21. The molecule has 1 amide bonds. The van der Waals surface area contributed by atoms with Gasteiger partial charge in [-0.15, -0.1) is 0 Å². The lowest BCUT2D eigenvalue weighted by molar-refractivity contribution is 0.1000. The van der Waals surface area contributed by atoms with Crippen molar-refractivity contribution in [3.05, 3.63) is 65.0 Å². The van der Waals surface area contributed by atoms with Crippen LogP contribution in [0.1, 0.15) is 21.5 Å². The number of hydrogen-bond donors (Lipinski definition) is 2. The van der Waals surface area contributed by atoms with Crippen molar-refractivity contribution in [2.24, 2.45) is 5.73 Å². The minimum absolute atomic E-state index is 0.254. The Labute approximate surface area is 111 Å². The van der Waals surface area contributed by atoms with E-state index in [9.17, 15) is 9.18 Å². The quantitative estimate of drug-likeness (QED) is 0.886. The van der Waals surface area contributed by atoms with E-state index in [-0.39, 0.29) is 5.82 Å². The van der Waals surface area contributed by atoms with E-state index in [0.29, 0.717) is 12.1 Å². The topological polar surface area (TPSA) is 55.1 Å². The van der Waals surface area contributed by atoms with Crippen molar-refractivity contribution >= 4 is 11.6 Å².